The molecule has 0 unspecified atom stereocenters. The van der Waals surface area contributed by atoms with Crippen molar-refractivity contribution in [2.45, 2.75) is 24.5 Å². The van der Waals surface area contributed by atoms with E-state index in [4.69, 9.17) is 5.73 Å². The van der Waals surface area contributed by atoms with Crippen LogP contribution in [0.2, 0.25) is 0 Å². The fraction of sp³-hybridized carbons (Fsp3) is 0.308. The normalized spacial score (nSPS) is 14.0. The van der Waals surface area contributed by atoms with E-state index in [1.165, 1.54) is 0 Å². The second-order valence-electron chi connectivity index (χ2n) is 5.09. The molecule has 0 radical (unpaired) electrons. The second-order valence-corrected chi connectivity index (χ2v) is 5.09. The Morgan fingerprint density at radius 3 is 1.59 bits per heavy atom. The largest absolute Gasteiger partial charge is 0.459 e. The number of benzene rings is 1. The van der Waals surface area contributed by atoms with Gasteiger partial charge in [0.2, 0.25) is 0 Å². The van der Waals surface area contributed by atoms with Gasteiger partial charge < -0.3 is 5.73 Å². The highest BCUT2D eigenvalue weighted by molar-refractivity contribution is 5.98. The van der Waals surface area contributed by atoms with Gasteiger partial charge in [0.25, 0.3) is 5.69 Å². The lowest BCUT2D eigenvalue weighted by atomic mass is 10.1. The van der Waals surface area contributed by atoms with Crippen LogP contribution in [0.1, 0.15) is 5.56 Å². The lowest BCUT2D eigenvalue weighted by molar-refractivity contribution is -0.384. The Kier molecular flexibility index (Phi) is 6.21. The van der Waals surface area contributed by atoms with Gasteiger partial charge in [-0.05, 0) is 12.1 Å². The van der Waals surface area contributed by atoms with Gasteiger partial charge in [0.05, 0.1) is 4.92 Å². The fourth-order valence-electron chi connectivity index (χ4n) is 1.79. The molecule has 0 saturated heterocycles. The van der Waals surface area contributed by atoms with Gasteiger partial charge in [-0.3, -0.25) is 10.1 Å². The summed E-state index contributed by atoms with van der Waals surface area (Å²) in [5.74, 6) is -8.30. The lowest BCUT2D eigenvalue weighted by Gasteiger charge is -2.25. The molecule has 0 bridgehead atoms. The molecule has 0 aliphatic rings. The van der Waals surface area contributed by atoms with Crippen LogP contribution < -0.4 is 5.73 Å². The number of nitro groups is 1. The first-order valence-electron chi connectivity index (χ1n) is 6.72. The van der Waals surface area contributed by atoms with Gasteiger partial charge in [-0.15, -0.1) is 0 Å². The Balaban J connectivity index is 3.84. The van der Waals surface area contributed by atoms with Crippen LogP contribution in [0.25, 0.3) is 0 Å². The van der Waals surface area contributed by atoms with Crippen molar-refractivity contribution in [3.63, 3.8) is 0 Å². The van der Waals surface area contributed by atoms with E-state index in [-0.39, 0.29) is 0 Å². The number of rotatable bonds is 4. The Hall–Kier alpha value is -2.94. The summed E-state index contributed by atoms with van der Waals surface area (Å²) in [5, 5.41) is 10.5. The van der Waals surface area contributed by atoms with E-state index in [1.807, 2.05) is 0 Å². The van der Waals surface area contributed by atoms with E-state index in [1.54, 1.807) is 0 Å². The molecule has 0 fully saturated rings. The topological polar surface area (TPSA) is 81.5 Å². The van der Waals surface area contributed by atoms with Crippen molar-refractivity contribution < 1.29 is 53.2 Å². The first kappa shape index (κ1) is 24.1. The molecular weight excluding hydrogens is 439 g/mol. The van der Waals surface area contributed by atoms with E-state index in [0.717, 1.165) is 0 Å². The molecule has 0 aliphatic heterocycles. The zero-order chi connectivity index (χ0) is 23.0. The van der Waals surface area contributed by atoms with Gasteiger partial charge in [0, 0.05) is 17.7 Å². The third kappa shape index (κ3) is 5.32. The minimum absolute atomic E-state index is 0.571. The fourth-order valence-corrected chi connectivity index (χ4v) is 1.79. The Morgan fingerprint density at radius 2 is 1.28 bits per heavy atom. The number of non-ortho nitro benzene ring substituents is 1. The average molecular weight is 445 g/mol. The molecule has 1 aromatic rings. The molecule has 5 nitrogen and oxygen atoms in total. The molecule has 162 valence electrons. The maximum Gasteiger partial charge on any atom is 0.459 e. The molecule has 16 heteroatoms. The standard InChI is InChI=1S/C13H6F11N3O2/c14-10(15,13(22,23)24)8(7(11(16,17)18)12(19,20)21)26-9(25)5-1-3-6(4-2-5)27(28)29/h1-4H,(H2,25,26). The number of nitrogens with zero attached hydrogens (tertiary/aromatic N) is 2. The van der Waals surface area contributed by atoms with Crippen molar-refractivity contribution in [1.82, 2.24) is 0 Å². The molecule has 0 spiro atoms. The van der Waals surface area contributed by atoms with Gasteiger partial charge in [0.15, 0.2) is 5.57 Å². The van der Waals surface area contributed by atoms with Crippen LogP contribution in [0.3, 0.4) is 0 Å². The molecule has 0 amide bonds. The van der Waals surface area contributed by atoms with Gasteiger partial charge >= 0.3 is 24.5 Å². The SMILES string of the molecule is NC(=NC(=C(C(F)(F)F)C(F)(F)F)C(F)(F)C(F)(F)F)c1ccc([N+](=O)[O-])cc1. The lowest BCUT2D eigenvalue weighted by Crippen LogP contribution is -2.42. The van der Waals surface area contributed by atoms with E-state index >= 15 is 0 Å². The van der Waals surface area contributed by atoms with Crippen molar-refractivity contribution in [3.8, 4) is 0 Å². The van der Waals surface area contributed by atoms with Crippen molar-refractivity contribution in [2.75, 3.05) is 0 Å². The maximum absolute atomic E-state index is 13.5. The highest BCUT2D eigenvalue weighted by Gasteiger charge is 2.66. The first-order chi connectivity index (χ1) is 12.8. The van der Waals surface area contributed by atoms with Crippen LogP contribution in [-0.4, -0.2) is 35.2 Å². The molecule has 1 aromatic carbocycles. The molecule has 0 aliphatic carbocycles. The Labute approximate surface area is 152 Å². The van der Waals surface area contributed by atoms with Crippen LogP contribution in [0.4, 0.5) is 54.0 Å². The van der Waals surface area contributed by atoms with Gasteiger partial charge in [-0.2, -0.15) is 48.3 Å². The highest BCUT2D eigenvalue weighted by Crippen LogP contribution is 2.49. The van der Waals surface area contributed by atoms with Crippen LogP contribution in [0, 0.1) is 10.1 Å². The van der Waals surface area contributed by atoms with E-state index in [0.29, 0.717) is 24.3 Å². The maximum atomic E-state index is 13.5. The molecule has 0 heterocycles. The number of alkyl halides is 11. The number of halogens is 11. The summed E-state index contributed by atoms with van der Waals surface area (Å²) in [7, 11) is 0. The molecule has 29 heavy (non-hydrogen) atoms. The summed E-state index contributed by atoms with van der Waals surface area (Å²) in [4.78, 5) is 11.6. The van der Waals surface area contributed by atoms with Crippen molar-refractivity contribution >= 4 is 11.5 Å². The van der Waals surface area contributed by atoms with E-state index < -0.39 is 57.7 Å². The average Bonchev–Trinajstić information content (AvgIpc) is 2.50. The van der Waals surface area contributed by atoms with Crippen LogP contribution in [-0.2, 0) is 0 Å². The van der Waals surface area contributed by atoms with Crippen molar-refractivity contribution in [2.24, 2.45) is 10.7 Å². The molecular formula is C13H6F11N3O2. The predicted octanol–water partition coefficient (Wildman–Crippen LogP) is 4.88. The number of nitrogens with two attached hydrogens (primary N) is 1. The molecule has 0 atom stereocenters. The summed E-state index contributed by atoms with van der Waals surface area (Å²) in [6.07, 6.45) is -20.3. The Bertz CT molecular complexity index is 818. The smallest absolute Gasteiger partial charge is 0.383 e. The van der Waals surface area contributed by atoms with Crippen LogP contribution in [0.15, 0.2) is 40.5 Å². The van der Waals surface area contributed by atoms with Crippen LogP contribution in [0.5, 0.6) is 0 Å². The molecule has 2 N–H and O–H groups in total. The Morgan fingerprint density at radius 1 is 0.862 bits per heavy atom. The molecule has 0 aromatic heterocycles. The van der Waals surface area contributed by atoms with E-state index in [2.05, 4.69) is 4.99 Å². The highest BCUT2D eigenvalue weighted by atomic mass is 19.4. The van der Waals surface area contributed by atoms with Crippen molar-refractivity contribution in [1.29, 1.82) is 0 Å². The van der Waals surface area contributed by atoms with Gasteiger partial charge in [0.1, 0.15) is 11.5 Å². The number of hydrogen-bond acceptors (Lipinski definition) is 3. The van der Waals surface area contributed by atoms with Crippen molar-refractivity contribution in [3.05, 3.63) is 51.2 Å². The number of nitro benzene ring substituents is 1. The number of allylic oxidation sites excluding steroid dienone is 2. The van der Waals surface area contributed by atoms with Crippen LogP contribution >= 0.6 is 0 Å². The first-order valence-corrected chi connectivity index (χ1v) is 6.72. The summed E-state index contributed by atoms with van der Waals surface area (Å²) in [6, 6.07) is 2.36. The summed E-state index contributed by atoms with van der Waals surface area (Å²) in [5.41, 5.74) is -4.34. The monoisotopic (exact) mass is 445 g/mol. The summed E-state index contributed by atoms with van der Waals surface area (Å²) >= 11 is 0. The van der Waals surface area contributed by atoms with E-state index in [9.17, 15) is 58.4 Å². The third-order valence-electron chi connectivity index (χ3n) is 3.06. The quantitative estimate of drug-likeness (QED) is 0.236. The minimum Gasteiger partial charge on any atom is -0.383 e. The number of hydrogen-bond donors (Lipinski definition) is 1. The second kappa shape index (κ2) is 7.47. The predicted molar refractivity (Wildman–Crippen MR) is 74.0 cm³/mol. The van der Waals surface area contributed by atoms with Gasteiger partial charge in [-0.1, -0.05) is 0 Å². The zero-order valence-corrected chi connectivity index (χ0v) is 13.3. The zero-order valence-electron chi connectivity index (χ0n) is 13.3. The van der Waals surface area contributed by atoms with Gasteiger partial charge in [-0.25, -0.2) is 4.99 Å². The summed E-state index contributed by atoms with van der Waals surface area (Å²) in [6.45, 7) is 0. The number of amidine groups is 1. The number of aliphatic imine (C=N–C) groups is 1. The minimum atomic E-state index is -6.89. The molecule has 0 saturated carbocycles. The third-order valence-corrected chi connectivity index (χ3v) is 3.06. The molecule has 1 rings (SSSR count). The summed E-state index contributed by atoms with van der Waals surface area (Å²) < 4.78 is 141.